The standard InChI is InChI=1S/C14H14BrFN2/c15-14-11(4-3-6-13(14)16)10-17-9-7-12-5-1-2-8-18-12/h1-6,8,17H,7,9-10H2. The van der Waals surface area contributed by atoms with Crippen LogP contribution in [0.25, 0.3) is 0 Å². The quantitative estimate of drug-likeness (QED) is 0.857. The Morgan fingerprint density at radius 3 is 2.83 bits per heavy atom. The smallest absolute Gasteiger partial charge is 0.137 e. The molecule has 0 aliphatic heterocycles. The van der Waals surface area contributed by atoms with E-state index in [0.717, 1.165) is 24.2 Å². The van der Waals surface area contributed by atoms with E-state index < -0.39 is 0 Å². The van der Waals surface area contributed by atoms with Gasteiger partial charge < -0.3 is 5.32 Å². The third-order valence-corrected chi connectivity index (χ3v) is 3.52. The van der Waals surface area contributed by atoms with Gasteiger partial charge in [0.15, 0.2) is 0 Å². The Labute approximate surface area is 114 Å². The zero-order chi connectivity index (χ0) is 12.8. The van der Waals surface area contributed by atoms with Crippen LogP contribution in [0, 0.1) is 5.82 Å². The maximum absolute atomic E-state index is 13.3. The number of rotatable bonds is 5. The van der Waals surface area contributed by atoms with Gasteiger partial charge in [-0.3, -0.25) is 4.98 Å². The third-order valence-electron chi connectivity index (χ3n) is 2.63. The second-order valence-electron chi connectivity index (χ2n) is 3.96. The van der Waals surface area contributed by atoms with Crippen molar-refractivity contribution in [3.63, 3.8) is 0 Å². The van der Waals surface area contributed by atoms with Crippen molar-refractivity contribution in [2.75, 3.05) is 6.54 Å². The Hall–Kier alpha value is -1.26. The van der Waals surface area contributed by atoms with Gasteiger partial charge in [0.1, 0.15) is 5.82 Å². The molecule has 0 atom stereocenters. The molecule has 1 N–H and O–H groups in total. The lowest BCUT2D eigenvalue weighted by Crippen LogP contribution is -2.17. The van der Waals surface area contributed by atoms with Crippen molar-refractivity contribution in [3.05, 3.63) is 64.1 Å². The molecule has 0 bridgehead atoms. The molecule has 94 valence electrons. The van der Waals surface area contributed by atoms with Crippen LogP contribution in [0.2, 0.25) is 0 Å². The summed E-state index contributed by atoms with van der Waals surface area (Å²) < 4.78 is 13.8. The number of aromatic nitrogens is 1. The summed E-state index contributed by atoms with van der Waals surface area (Å²) in [6.07, 6.45) is 2.66. The van der Waals surface area contributed by atoms with Crippen molar-refractivity contribution >= 4 is 15.9 Å². The summed E-state index contributed by atoms with van der Waals surface area (Å²) in [7, 11) is 0. The van der Waals surface area contributed by atoms with E-state index in [1.807, 2.05) is 24.3 Å². The van der Waals surface area contributed by atoms with Crippen LogP contribution >= 0.6 is 15.9 Å². The zero-order valence-corrected chi connectivity index (χ0v) is 11.5. The van der Waals surface area contributed by atoms with E-state index >= 15 is 0 Å². The van der Waals surface area contributed by atoms with E-state index in [4.69, 9.17) is 0 Å². The molecule has 18 heavy (non-hydrogen) atoms. The molecule has 0 unspecified atom stereocenters. The number of pyridine rings is 1. The molecule has 2 rings (SSSR count). The summed E-state index contributed by atoms with van der Waals surface area (Å²) in [6.45, 7) is 1.46. The van der Waals surface area contributed by atoms with Crippen LogP contribution in [-0.4, -0.2) is 11.5 Å². The minimum absolute atomic E-state index is 0.223. The lowest BCUT2D eigenvalue weighted by molar-refractivity contribution is 0.611. The highest BCUT2D eigenvalue weighted by molar-refractivity contribution is 9.10. The lowest BCUT2D eigenvalue weighted by atomic mass is 10.2. The first-order chi connectivity index (χ1) is 8.77. The molecule has 2 nitrogen and oxygen atoms in total. The molecular weight excluding hydrogens is 295 g/mol. The summed E-state index contributed by atoms with van der Waals surface area (Å²) in [5, 5.41) is 3.28. The van der Waals surface area contributed by atoms with Gasteiger partial charge in [0.25, 0.3) is 0 Å². The van der Waals surface area contributed by atoms with Crippen molar-refractivity contribution in [1.29, 1.82) is 0 Å². The topological polar surface area (TPSA) is 24.9 Å². The Morgan fingerprint density at radius 1 is 1.17 bits per heavy atom. The second-order valence-corrected chi connectivity index (χ2v) is 4.75. The van der Waals surface area contributed by atoms with Gasteiger partial charge in [0.05, 0.1) is 4.47 Å². The first kappa shape index (κ1) is 13.2. The Kier molecular flexibility index (Phi) is 4.84. The van der Waals surface area contributed by atoms with Crippen LogP contribution in [0.15, 0.2) is 47.1 Å². The van der Waals surface area contributed by atoms with Crippen molar-refractivity contribution in [2.45, 2.75) is 13.0 Å². The van der Waals surface area contributed by atoms with Crippen LogP contribution in [-0.2, 0) is 13.0 Å². The van der Waals surface area contributed by atoms with E-state index in [-0.39, 0.29) is 5.82 Å². The molecule has 1 aromatic carbocycles. The van der Waals surface area contributed by atoms with E-state index in [0.29, 0.717) is 11.0 Å². The van der Waals surface area contributed by atoms with Crippen LogP contribution < -0.4 is 5.32 Å². The molecule has 0 spiro atoms. The molecule has 0 aliphatic carbocycles. The number of hydrogen-bond donors (Lipinski definition) is 1. The summed E-state index contributed by atoms with van der Waals surface area (Å²) in [5.74, 6) is -0.223. The summed E-state index contributed by atoms with van der Waals surface area (Å²) in [5.41, 5.74) is 1.99. The molecule has 0 radical (unpaired) electrons. The second kappa shape index (κ2) is 6.61. The van der Waals surface area contributed by atoms with E-state index in [1.54, 1.807) is 12.3 Å². The Bertz CT molecular complexity index is 502. The zero-order valence-electron chi connectivity index (χ0n) is 9.87. The van der Waals surface area contributed by atoms with Gasteiger partial charge in [-0.2, -0.15) is 0 Å². The fourth-order valence-electron chi connectivity index (χ4n) is 1.67. The normalized spacial score (nSPS) is 10.6. The maximum Gasteiger partial charge on any atom is 0.137 e. The minimum Gasteiger partial charge on any atom is -0.312 e. The molecule has 0 amide bonds. The fraction of sp³-hybridized carbons (Fsp3) is 0.214. The van der Waals surface area contributed by atoms with Crippen LogP contribution in [0.4, 0.5) is 4.39 Å². The predicted octanol–water partition coefficient (Wildman–Crippen LogP) is 3.32. The first-order valence-corrected chi connectivity index (χ1v) is 6.60. The highest BCUT2D eigenvalue weighted by atomic mass is 79.9. The Balaban J connectivity index is 1.81. The summed E-state index contributed by atoms with van der Waals surface area (Å²) >= 11 is 3.25. The van der Waals surface area contributed by atoms with Gasteiger partial charge in [-0.1, -0.05) is 18.2 Å². The highest BCUT2D eigenvalue weighted by Crippen LogP contribution is 2.19. The van der Waals surface area contributed by atoms with Gasteiger partial charge in [-0.25, -0.2) is 4.39 Å². The number of nitrogens with one attached hydrogen (secondary N) is 1. The van der Waals surface area contributed by atoms with Crippen molar-refractivity contribution in [2.24, 2.45) is 0 Å². The number of hydrogen-bond acceptors (Lipinski definition) is 2. The van der Waals surface area contributed by atoms with Gasteiger partial charge in [0, 0.05) is 31.4 Å². The van der Waals surface area contributed by atoms with Crippen LogP contribution in [0.1, 0.15) is 11.3 Å². The number of nitrogens with zero attached hydrogens (tertiary/aromatic N) is 1. The lowest BCUT2D eigenvalue weighted by Gasteiger charge is -2.07. The van der Waals surface area contributed by atoms with Gasteiger partial charge >= 0.3 is 0 Å². The van der Waals surface area contributed by atoms with Crippen molar-refractivity contribution in [1.82, 2.24) is 10.3 Å². The van der Waals surface area contributed by atoms with E-state index in [2.05, 4.69) is 26.2 Å². The molecule has 1 heterocycles. The van der Waals surface area contributed by atoms with E-state index in [9.17, 15) is 4.39 Å². The fourth-order valence-corrected chi connectivity index (χ4v) is 2.08. The molecule has 0 aliphatic rings. The summed E-state index contributed by atoms with van der Waals surface area (Å²) in [4.78, 5) is 4.25. The maximum atomic E-state index is 13.3. The summed E-state index contributed by atoms with van der Waals surface area (Å²) in [6, 6.07) is 10.9. The number of benzene rings is 1. The molecule has 0 saturated heterocycles. The first-order valence-electron chi connectivity index (χ1n) is 5.81. The monoisotopic (exact) mass is 308 g/mol. The molecule has 0 saturated carbocycles. The van der Waals surface area contributed by atoms with Gasteiger partial charge in [0.2, 0.25) is 0 Å². The molecule has 0 fully saturated rings. The predicted molar refractivity (Wildman–Crippen MR) is 73.7 cm³/mol. The number of halogens is 2. The largest absolute Gasteiger partial charge is 0.312 e. The SMILES string of the molecule is Fc1cccc(CNCCc2ccccn2)c1Br. The third kappa shape index (κ3) is 3.62. The molecule has 4 heteroatoms. The Morgan fingerprint density at radius 2 is 2.06 bits per heavy atom. The van der Waals surface area contributed by atoms with E-state index in [1.165, 1.54) is 6.07 Å². The van der Waals surface area contributed by atoms with Gasteiger partial charge in [-0.05, 0) is 39.7 Å². The van der Waals surface area contributed by atoms with Crippen molar-refractivity contribution < 1.29 is 4.39 Å². The molecule has 1 aromatic heterocycles. The average Bonchev–Trinajstić information content (AvgIpc) is 2.40. The highest BCUT2D eigenvalue weighted by Gasteiger charge is 2.04. The molecular formula is C14H14BrFN2. The van der Waals surface area contributed by atoms with Crippen LogP contribution in [0.5, 0.6) is 0 Å². The van der Waals surface area contributed by atoms with Gasteiger partial charge in [-0.15, -0.1) is 0 Å². The molecule has 2 aromatic rings. The van der Waals surface area contributed by atoms with Crippen LogP contribution in [0.3, 0.4) is 0 Å². The van der Waals surface area contributed by atoms with Crippen molar-refractivity contribution in [3.8, 4) is 0 Å². The minimum atomic E-state index is -0.223. The average molecular weight is 309 g/mol.